The van der Waals surface area contributed by atoms with Crippen molar-refractivity contribution >= 4 is 17.5 Å². The highest BCUT2D eigenvalue weighted by Gasteiger charge is 2.29. The average molecular weight is 365 g/mol. The lowest BCUT2D eigenvalue weighted by atomic mass is 9.78. The first-order valence-electron chi connectivity index (χ1n) is 9.41. The van der Waals surface area contributed by atoms with Crippen molar-refractivity contribution in [3.8, 4) is 0 Å². The van der Waals surface area contributed by atoms with Crippen LogP contribution in [0.1, 0.15) is 44.8 Å². The topological polar surface area (TPSA) is 41.6 Å². The molecule has 0 spiro atoms. The second-order valence-corrected chi connectivity index (χ2v) is 8.02. The molecule has 1 aliphatic carbocycles. The van der Waals surface area contributed by atoms with E-state index in [0.717, 1.165) is 30.1 Å². The molecule has 1 aromatic carbocycles. The van der Waals surface area contributed by atoms with Gasteiger partial charge in [0.1, 0.15) is 0 Å². The molecular weight excluding hydrogens is 336 g/mol. The van der Waals surface area contributed by atoms with Crippen LogP contribution in [0.2, 0.25) is 5.02 Å². The van der Waals surface area contributed by atoms with Crippen LogP contribution in [0, 0.1) is 11.8 Å². The van der Waals surface area contributed by atoms with Crippen LogP contribution in [0.15, 0.2) is 24.3 Å². The second kappa shape index (κ2) is 8.52. The molecule has 1 saturated carbocycles. The van der Waals surface area contributed by atoms with E-state index in [4.69, 9.17) is 16.3 Å². The highest BCUT2D eigenvalue weighted by Crippen LogP contribution is 2.29. The summed E-state index contributed by atoms with van der Waals surface area (Å²) in [6, 6.07) is 8.10. The van der Waals surface area contributed by atoms with E-state index < -0.39 is 0 Å². The zero-order chi connectivity index (χ0) is 17.8. The first-order valence-corrected chi connectivity index (χ1v) is 9.79. The average Bonchev–Trinajstić information content (AvgIpc) is 2.60. The van der Waals surface area contributed by atoms with Crippen molar-refractivity contribution in [2.24, 2.45) is 11.8 Å². The Morgan fingerprint density at radius 1 is 1.28 bits per heavy atom. The summed E-state index contributed by atoms with van der Waals surface area (Å²) in [6.45, 7) is 7.20. The number of morpholine rings is 1. The Balaban J connectivity index is 1.51. The highest BCUT2D eigenvalue weighted by molar-refractivity contribution is 6.30. The molecule has 2 aliphatic rings. The molecule has 1 N–H and O–H groups in total. The summed E-state index contributed by atoms with van der Waals surface area (Å²) in [4.78, 5) is 14.7. The van der Waals surface area contributed by atoms with E-state index in [2.05, 4.69) is 24.1 Å². The number of amides is 1. The molecule has 1 saturated heterocycles. The van der Waals surface area contributed by atoms with Gasteiger partial charge in [-0.15, -0.1) is 0 Å². The molecule has 0 aromatic heterocycles. The van der Waals surface area contributed by atoms with Gasteiger partial charge in [0.25, 0.3) is 0 Å². The van der Waals surface area contributed by atoms with Gasteiger partial charge in [-0.3, -0.25) is 9.69 Å². The van der Waals surface area contributed by atoms with Crippen molar-refractivity contribution in [2.45, 2.75) is 45.3 Å². The molecule has 1 aliphatic heterocycles. The number of ether oxygens (including phenoxy) is 1. The fourth-order valence-electron chi connectivity index (χ4n) is 3.97. The van der Waals surface area contributed by atoms with E-state index in [1.54, 1.807) is 0 Å². The Morgan fingerprint density at radius 3 is 2.80 bits per heavy atom. The van der Waals surface area contributed by atoms with Gasteiger partial charge in [-0.1, -0.05) is 50.4 Å². The largest absolute Gasteiger partial charge is 0.371 e. The number of hydrogen-bond donors (Lipinski definition) is 1. The third kappa shape index (κ3) is 4.96. The zero-order valence-electron chi connectivity index (χ0n) is 15.2. The molecular formula is C20H29ClN2O2. The van der Waals surface area contributed by atoms with Gasteiger partial charge in [0, 0.05) is 24.2 Å². The maximum Gasteiger partial charge on any atom is 0.234 e. The molecule has 25 heavy (non-hydrogen) atoms. The van der Waals surface area contributed by atoms with Crippen LogP contribution in [0.5, 0.6) is 0 Å². The molecule has 0 radical (unpaired) electrons. The molecule has 1 amide bonds. The maximum atomic E-state index is 12.5. The first kappa shape index (κ1) is 18.7. The van der Waals surface area contributed by atoms with Crippen LogP contribution >= 0.6 is 11.6 Å². The lowest BCUT2D eigenvalue weighted by molar-refractivity contribution is -0.125. The summed E-state index contributed by atoms with van der Waals surface area (Å²) in [7, 11) is 0. The van der Waals surface area contributed by atoms with Crippen LogP contribution in [0.3, 0.4) is 0 Å². The van der Waals surface area contributed by atoms with E-state index in [9.17, 15) is 4.79 Å². The van der Waals surface area contributed by atoms with Crippen molar-refractivity contribution in [1.82, 2.24) is 10.2 Å². The van der Waals surface area contributed by atoms with Crippen molar-refractivity contribution in [3.63, 3.8) is 0 Å². The molecule has 5 heteroatoms. The van der Waals surface area contributed by atoms with E-state index in [1.165, 1.54) is 12.8 Å². The molecule has 2 fully saturated rings. The normalized spacial score (nSPS) is 30.8. The molecule has 138 valence electrons. The smallest absolute Gasteiger partial charge is 0.234 e. The number of nitrogens with one attached hydrogen (secondary N) is 1. The van der Waals surface area contributed by atoms with Crippen molar-refractivity contribution in [3.05, 3.63) is 34.9 Å². The van der Waals surface area contributed by atoms with Gasteiger partial charge >= 0.3 is 0 Å². The van der Waals surface area contributed by atoms with E-state index in [-0.39, 0.29) is 12.0 Å². The molecule has 1 heterocycles. The summed E-state index contributed by atoms with van der Waals surface area (Å²) in [5, 5.41) is 4.00. The van der Waals surface area contributed by atoms with E-state index in [0.29, 0.717) is 31.0 Å². The van der Waals surface area contributed by atoms with Crippen LogP contribution in [-0.4, -0.2) is 43.1 Å². The molecule has 4 atom stereocenters. The Hall–Kier alpha value is -1.10. The quantitative estimate of drug-likeness (QED) is 0.886. The molecule has 4 nitrogen and oxygen atoms in total. The zero-order valence-corrected chi connectivity index (χ0v) is 16.0. The summed E-state index contributed by atoms with van der Waals surface area (Å²) in [5.41, 5.74) is 1.12. The Kier molecular flexibility index (Phi) is 6.37. The van der Waals surface area contributed by atoms with Crippen molar-refractivity contribution in [2.75, 3.05) is 26.2 Å². The number of rotatable bonds is 4. The fourth-order valence-corrected chi connectivity index (χ4v) is 4.09. The van der Waals surface area contributed by atoms with E-state index in [1.807, 2.05) is 24.3 Å². The van der Waals surface area contributed by atoms with Crippen LogP contribution in [0.4, 0.5) is 0 Å². The summed E-state index contributed by atoms with van der Waals surface area (Å²) < 4.78 is 5.88. The lowest BCUT2D eigenvalue weighted by Gasteiger charge is -2.36. The Morgan fingerprint density at radius 2 is 2.04 bits per heavy atom. The Labute approximate surface area is 155 Å². The maximum absolute atomic E-state index is 12.5. The van der Waals surface area contributed by atoms with Gasteiger partial charge in [0.2, 0.25) is 5.91 Å². The number of carbonyl (C=O) groups excluding carboxylic acids is 1. The predicted octanol–water partition coefficient (Wildman–Crippen LogP) is 3.65. The summed E-state index contributed by atoms with van der Waals surface area (Å²) >= 11 is 5.96. The van der Waals surface area contributed by atoms with Gasteiger partial charge in [-0.2, -0.15) is 0 Å². The van der Waals surface area contributed by atoms with Gasteiger partial charge in [-0.05, 0) is 36.0 Å². The summed E-state index contributed by atoms with van der Waals surface area (Å²) in [6.07, 6.45) is 3.60. The first-order chi connectivity index (χ1) is 12.0. The van der Waals surface area contributed by atoms with Crippen LogP contribution in [0.25, 0.3) is 0 Å². The number of benzene rings is 1. The van der Waals surface area contributed by atoms with Gasteiger partial charge in [0.15, 0.2) is 0 Å². The van der Waals surface area contributed by atoms with Gasteiger partial charge in [-0.25, -0.2) is 0 Å². The molecule has 4 unspecified atom stereocenters. The van der Waals surface area contributed by atoms with E-state index >= 15 is 0 Å². The minimum atomic E-state index is 0.00689. The van der Waals surface area contributed by atoms with Crippen molar-refractivity contribution in [1.29, 1.82) is 0 Å². The van der Waals surface area contributed by atoms with Crippen molar-refractivity contribution < 1.29 is 9.53 Å². The van der Waals surface area contributed by atoms with Crippen LogP contribution in [-0.2, 0) is 9.53 Å². The molecule has 3 rings (SSSR count). The summed E-state index contributed by atoms with van der Waals surface area (Å²) in [5.74, 6) is 1.39. The number of nitrogens with zero attached hydrogens (tertiary/aromatic N) is 1. The lowest BCUT2D eigenvalue weighted by Crippen LogP contribution is -2.49. The number of hydrogen-bond acceptors (Lipinski definition) is 3. The highest BCUT2D eigenvalue weighted by atomic mass is 35.5. The minimum Gasteiger partial charge on any atom is -0.371 e. The van der Waals surface area contributed by atoms with Gasteiger partial charge < -0.3 is 10.1 Å². The predicted molar refractivity (Wildman–Crippen MR) is 101 cm³/mol. The number of halogens is 1. The third-order valence-corrected chi connectivity index (χ3v) is 6.06. The molecule has 1 aromatic rings. The third-order valence-electron chi connectivity index (χ3n) is 5.81. The van der Waals surface area contributed by atoms with Crippen LogP contribution < -0.4 is 5.32 Å². The second-order valence-electron chi connectivity index (χ2n) is 7.59. The molecule has 0 bridgehead atoms. The standard InChI is InChI=1S/C20H29ClN2O2/c1-14-4-3-5-18(15(14)2)22-20(24)13-23-10-11-25-19(12-23)16-6-8-17(21)9-7-16/h6-9,14-15,18-19H,3-5,10-13H2,1-2H3,(H,22,24). The number of carbonyl (C=O) groups is 1. The van der Waals surface area contributed by atoms with Gasteiger partial charge in [0.05, 0.1) is 19.3 Å². The SMILES string of the molecule is CC1CCCC(NC(=O)CN2CCOC(c3ccc(Cl)cc3)C2)C1C. The Bertz CT molecular complexity index is 578. The minimum absolute atomic E-state index is 0.00689. The monoisotopic (exact) mass is 364 g/mol. The fraction of sp³-hybridized carbons (Fsp3) is 0.650.